The Morgan fingerprint density at radius 2 is 1.72 bits per heavy atom. The first kappa shape index (κ1) is 32.7. The number of aromatic nitrogens is 3. The minimum atomic E-state index is -2.62. The summed E-state index contributed by atoms with van der Waals surface area (Å²) in [6, 6.07) is 8.46. The van der Waals surface area contributed by atoms with Gasteiger partial charge in [-0.05, 0) is 74.8 Å². The molecule has 2 saturated heterocycles. The lowest BCUT2D eigenvalue weighted by Crippen LogP contribution is -2.39. The van der Waals surface area contributed by atoms with Gasteiger partial charge in [-0.1, -0.05) is 18.6 Å². The summed E-state index contributed by atoms with van der Waals surface area (Å²) in [5, 5.41) is 17.1. The maximum Gasteiger partial charge on any atom is 0.307 e. The van der Waals surface area contributed by atoms with Crippen LogP contribution in [-0.2, 0) is 9.59 Å². The summed E-state index contributed by atoms with van der Waals surface area (Å²) in [6.07, 6.45) is 0.714. The molecule has 3 aromatic rings. The second-order valence-corrected chi connectivity index (χ2v) is 13.1. The van der Waals surface area contributed by atoms with E-state index in [1.54, 1.807) is 26.0 Å². The van der Waals surface area contributed by atoms with Gasteiger partial charge in [-0.25, -0.2) is 22.8 Å². The number of hydrogen-bond donors (Lipinski definition) is 2. The summed E-state index contributed by atoms with van der Waals surface area (Å²) in [4.78, 5) is 46.9. The summed E-state index contributed by atoms with van der Waals surface area (Å²) in [7, 11) is 0. The molecule has 0 radical (unpaired) electrons. The Kier molecular flexibility index (Phi) is 9.36. The highest BCUT2D eigenvalue weighted by atomic mass is 19.3. The van der Waals surface area contributed by atoms with Crippen LogP contribution in [0.5, 0.6) is 0 Å². The van der Waals surface area contributed by atoms with E-state index >= 15 is 0 Å². The number of rotatable bonds is 10. The Hall–Kier alpha value is -4.26. The zero-order chi connectivity index (χ0) is 33.4. The summed E-state index contributed by atoms with van der Waals surface area (Å²) in [5.41, 5.74) is 2.09. The highest BCUT2D eigenvalue weighted by Gasteiger charge is 2.43. The van der Waals surface area contributed by atoms with Crippen LogP contribution in [0.15, 0.2) is 42.6 Å². The van der Waals surface area contributed by atoms with Crippen LogP contribution in [0.2, 0.25) is 0 Å². The summed E-state index contributed by atoms with van der Waals surface area (Å²) in [6.45, 7) is 6.92. The third kappa shape index (κ3) is 6.76. The maximum absolute atomic E-state index is 14.2. The van der Waals surface area contributed by atoms with Crippen LogP contribution in [0, 0.1) is 43.3 Å². The van der Waals surface area contributed by atoms with Gasteiger partial charge in [0.2, 0.25) is 5.91 Å². The summed E-state index contributed by atoms with van der Waals surface area (Å²) >= 11 is 0. The Balaban J connectivity index is 1.07. The predicted molar refractivity (Wildman–Crippen MR) is 165 cm³/mol. The molecule has 2 N–H and O–H groups in total. The van der Waals surface area contributed by atoms with Gasteiger partial charge in [-0.3, -0.25) is 14.4 Å². The van der Waals surface area contributed by atoms with Crippen LogP contribution in [0.25, 0.3) is 5.82 Å². The number of nitrogens with one attached hydrogen (secondary N) is 1. The van der Waals surface area contributed by atoms with E-state index < -0.39 is 36.1 Å². The number of aliphatic carboxylic acids is 1. The number of nitrogens with zero attached hydrogens (tertiary/aromatic N) is 5. The van der Waals surface area contributed by atoms with E-state index in [1.807, 2.05) is 4.90 Å². The Labute approximate surface area is 270 Å². The van der Waals surface area contributed by atoms with Crippen LogP contribution in [0.3, 0.4) is 0 Å². The van der Waals surface area contributed by atoms with Gasteiger partial charge in [0.15, 0.2) is 5.82 Å². The number of benzene rings is 1. The van der Waals surface area contributed by atoms with Crippen molar-refractivity contribution in [3.63, 3.8) is 0 Å². The number of pyridine rings is 1. The van der Waals surface area contributed by atoms with Gasteiger partial charge >= 0.3 is 5.97 Å². The molecule has 1 aromatic carbocycles. The van der Waals surface area contributed by atoms with E-state index in [0.717, 1.165) is 19.3 Å². The number of carbonyl (C=O) groups is 3. The zero-order valence-electron chi connectivity index (χ0n) is 26.4. The van der Waals surface area contributed by atoms with Gasteiger partial charge in [-0.15, -0.1) is 0 Å². The molecule has 4 heterocycles. The van der Waals surface area contributed by atoms with Crippen LogP contribution in [0.1, 0.15) is 71.0 Å². The normalized spacial score (nSPS) is 23.3. The lowest BCUT2D eigenvalue weighted by molar-refractivity contribution is -0.146. The molecule has 2 amide bonds. The van der Waals surface area contributed by atoms with Crippen molar-refractivity contribution >= 4 is 17.8 Å². The van der Waals surface area contributed by atoms with E-state index in [4.69, 9.17) is 0 Å². The molecule has 13 heteroatoms. The Morgan fingerprint density at radius 1 is 1.00 bits per heavy atom. The largest absolute Gasteiger partial charge is 0.481 e. The van der Waals surface area contributed by atoms with Gasteiger partial charge in [0.25, 0.3) is 12.3 Å². The molecule has 2 aliphatic heterocycles. The molecule has 6 rings (SSSR count). The third-order valence-corrected chi connectivity index (χ3v) is 10.1. The number of halogens is 3. The molecule has 3 aliphatic rings. The van der Waals surface area contributed by atoms with Crippen molar-refractivity contribution in [2.45, 2.75) is 52.0 Å². The lowest BCUT2D eigenvalue weighted by Gasteiger charge is -2.26. The fourth-order valence-electron chi connectivity index (χ4n) is 7.63. The van der Waals surface area contributed by atoms with Gasteiger partial charge < -0.3 is 20.2 Å². The first-order chi connectivity index (χ1) is 22.5. The molecule has 5 atom stereocenters. The minimum Gasteiger partial charge on any atom is -0.481 e. The van der Waals surface area contributed by atoms with E-state index in [2.05, 4.69) is 20.3 Å². The first-order valence-corrected chi connectivity index (χ1v) is 16.1. The fraction of sp³-hybridized carbons (Fsp3) is 0.500. The number of carboxylic acid groups (broad SMARTS) is 1. The first-order valence-electron chi connectivity index (χ1n) is 16.1. The molecule has 4 unspecified atom stereocenters. The molecule has 2 aromatic heterocycles. The topological polar surface area (TPSA) is 121 Å². The zero-order valence-corrected chi connectivity index (χ0v) is 26.4. The number of hydrogen-bond acceptors (Lipinski definition) is 6. The average Bonchev–Trinajstić information content (AvgIpc) is 3.82. The predicted octanol–water partition coefficient (Wildman–Crippen LogP) is 4.71. The van der Waals surface area contributed by atoms with E-state index in [-0.39, 0.29) is 29.2 Å². The molecular weight excluding hydrogens is 613 g/mol. The van der Waals surface area contributed by atoms with Crippen molar-refractivity contribution in [2.24, 2.45) is 23.7 Å². The van der Waals surface area contributed by atoms with Crippen molar-refractivity contribution in [2.75, 3.05) is 32.7 Å². The number of carbonyl (C=O) groups excluding carboxylic acids is 2. The third-order valence-electron chi connectivity index (χ3n) is 10.1. The van der Waals surface area contributed by atoms with Crippen molar-refractivity contribution in [3.8, 4) is 5.82 Å². The number of amides is 2. The highest BCUT2D eigenvalue weighted by Crippen LogP contribution is 2.35. The van der Waals surface area contributed by atoms with Crippen molar-refractivity contribution in [3.05, 3.63) is 76.5 Å². The molecule has 0 spiro atoms. The molecule has 10 nitrogen and oxygen atoms in total. The van der Waals surface area contributed by atoms with Crippen molar-refractivity contribution in [1.29, 1.82) is 0 Å². The quantitative estimate of drug-likeness (QED) is 0.326. The lowest BCUT2D eigenvalue weighted by atomic mass is 9.94. The second-order valence-electron chi connectivity index (χ2n) is 13.1. The van der Waals surface area contributed by atoms with Gasteiger partial charge in [0.1, 0.15) is 5.82 Å². The number of alkyl halides is 2. The monoisotopic (exact) mass is 652 g/mol. The average molecular weight is 653 g/mol. The molecule has 1 saturated carbocycles. The van der Waals surface area contributed by atoms with Crippen LogP contribution < -0.4 is 5.32 Å². The molecule has 47 heavy (non-hydrogen) atoms. The number of fused-ring (bicyclic) bond motifs is 1. The Morgan fingerprint density at radius 3 is 2.36 bits per heavy atom. The second kappa shape index (κ2) is 13.5. The van der Waals surface area contributed by atoms with Gasteiger partial charge in [0.05, 0.1) is 34.8 Å². The maximum atomic E-state index is 14.2. The molecule has 250 valence electrons. The van der Waals surface area contributed by atoms with Crippen LogP contribution >= 0.6 is 0 Å². The van der Waals surface area contributed by atoms with E-state index in [9.17, 15) is 32.7 Å². The molecule has 1 aliphatic carbocycles. The SMILES string of the molecule is Cc1nn(-c2ccc(C(F)F)cn2)c(C)c1C(=O)N1CC2CN(CC[C@H](NC(=O)C3CCCC3C(=O)O)c3cccc(F)c3)CC2C1. The van der Waals surface area contributed by atoms with E-state index in [1.165, 1.54) is 28.9 Å². The minimum absolute atomic E-state index is 0.114. The number of aryl methyl sites for hydroxylation is 1. The van der Waals surface area contributed by atoms with Gasteiger partial charge in [-0.2, -0.15) is 5.10 Å². The van der Waals surface area contributed by atoms with Crippen molar-refractivity contribution < 1.29 is 32.7 Å². The number of carboxylic acids is 1. The van der Waals surface area contributed by atoms with Crippen molar-refractivity contribution in [1.82, 2.24) is 29.9 Å². The molecular formula is C34H39F3N6O4. The number of likely N-dealkylation sites (tertiary alicyclic amines) is 2. The van der Waals surface area contributed by atoms with Crippen LogP contribution in [-0.4, -0.2) is 80.2 Å². The summed E-state index contributed by atoms with van der Waals surface area (Å²) in [5.74, 6) is -2.17. The van der Waals surface area contributed by atoms with E-state index in [0.29, 0.717) is 73.7 Å². The molecule has 0 bridgehead atoms. The van der Waals surface area contributed by atoms with Gasteiger partial charge in [0, 0.05) is 44.5 Å². The van der Waals surface area contributed by atoms with Crippen LogP contribution in [0.4, 0.5) is 13.2 Å². The fourth-order valence-corrected chi connectivity index (χ4v) is 7.63. The summed E-state index contributed by atoms with van der Waals surface area (Å²) < 4.78 is 41.6. The Bertz CT molecular complexity index is 1630. The standard InChI is InChI=1S/C34H39F3N6O4/c1-19-30(20(2)43(40-19)29-10-9-22(14-38-29)31(36)37)33(45)42-17-23-15-41(16-24(23)18-42)12-11-28(21-5-3-6-25(35)13-21)39-32(44)26-7-4-8-27(26)34(46)47/h3,5-6,9-10,13-14,23-24,26-28,31H,4,7-8,11-12,15-18H2,1-2H3,(H,39,44)(H,46,47)/t23?,24?,26?,27?,28-/m0/s1. The highest BCUT2D eigenvalue weighted by molar-refractivity contribution is 5.96. The molecule has 3 fully saturated rings. The smallest absolute Gasteiger partial charge is 0.307 e.